The molecule has 194 valence electrons. The Morgan fingerprint density at radius 2 is 1.35 bits per heavy atom. The smallest absolute Gasteiger partial charge is 0.243 e. The summed E-state index contributed by atoms with van der Waals surface area (Å²) in [5.74, 6) is -0.712. The van der Waals surface area contributed by atoms with E-state index in [2.05, 4.69) is 10.6 Å². The Morgan fingerprint density at radius 1 is 0.730 bits per heavy atom. The predicted molar refractivity (Wildman–Crippen MR) is 145 cm³/mol. The summed E-state index contributed by atoms with van der Waals surface area (Å²) in [5.41, 5.74) is 11.9. The van der Waals surface area contributed by atoms with Gasteiger partial charge in [-0.05, 0) is 48.6 Å². The van der Waals surface area contributed by atoms with Crippen LogP contribution in [0.25, 0.3) is 11.1 Å². The Morgan fingerprint density at radius 3 is 2.03 bits per heavy atom. The van der Waals surface area contributed by atoms with E-state index in [-0.39, 0.29) is 18.2 Å². The number of hydroxylamine groups is 1. The maximum absolute atomic E-state index is 12.8. The van der Waals surface area contributed by atoms with Gasteiger partial charge in [-0.25, -0.2) is 5.48 Å². The van der Waals surface area contributed by atoms with Gasteiger partial charge in [0.15, 0.2) is 0 Å². The van der Waals surface area contributed by atoms with Crippen molar-refractivity contribution in [3.05, 3.63) is 84.4 Å². The van der Waals surface area contributed by atoms with Gasteiger partial charge in [0.1, 0.15) is 0 Å². The summed E-state index contributed by atoms with van der Waals surface area (Å²) < 4.78 is 0. The van der Waals surface area contributed by atoms with E-state index in [0.717, 1.165) is 36.0 Å². The molecule has 6 N–H and O–H groups in total. The number of unbranched alkanes of at least 4 members (excludes halogenated alkanes) is 3. The molecule has 3 amide bonds. The average molecular weight is 503 g/mol. The Labute approximate surface area is 217 Å². The van der Waals surface area contributed by atoms with Crippen molar-refractivity contribution in [2.45, 2.75) is 51.0 Å². The third-order valence-electron chi connectivity index (χ3n) is 5.98. The molecule has 8 nitrogen and oxygen atoms in total. The number of carbonyl (C=O) groups excluding carboxylic acids is 3. The fraction of sp³-hybridized carbons (Fsp3) is 0.276. The van der Waals surface area contributed by atoms with Crippen molar-refractivity contribution in [2.75, 3.05) is 10.6 Å². The van der Waals surface area contributed by atoms with E-state index in [1.807, 2.05) is 78.9 Å². The van der Waals surface area contributed by atoms with Crippen LogP contribution in [0.2, 0.25) is 0 Å². The van der Waals surface area contributed by atoms with Gasteiger partial charge in [0.05, 0.1) is 6.04 Å². The minimum atomic E-state index is -0.673. The molecule has 1 atom stereocenters. The van der Waals surface area contributed by atoms with Crippen LogP contribution in [0.1, 0.15) is 44.1 Å². The van der Waals surface area contributed by atoms with Crippen molar-refractivity contribution >= 4 is 29.1 Å². The van der Waals surface area contributed by atoms with E-state index >= 15 is 0 Å². The second-order valence-electron chi connectivity index (χ2n) is 8.91. The standard InChI is InChI=1S/C29H34N4O4/c30-25(20-21-10-4-3-5-11-21)29(36)32-26-13-9-8-12-24(26)22-16-18-23(19-17-22)31-27(34)14-6-1-2-7-15-28(35)33-37/h3-5,8-13,16-19,25,37H,1-2,6-7,14-15,20,30H2,(H,31,34)(H,32,36)(H,33,35)/t25-/m1/s1. The number of para-hydroxylation sites is 1. The van der Waals surface area contributed by atoms with E-state index in [0.29, 0.717) is 30.6 Å². The Hall–Kier alpha value is -4.01. The first kappa shape index (κ1) is 27.6. The lowest BCUT2D eigenvalue weighted by Gasteiger charge is -2.15. The minimum Gasteiger partial charge on any atom is -0.326 e. The molecular formula is C29H34N4O4. The zero-order chi connectivity index (χ0) is 26.5. The summed E-state index contributed by atoms with van der Waals surface area (Å²) in [6, 6.07) is 24.0. The minimum absolute atomic E-state index is 0.0686. The van der Waals surface area contributed by atoms with Gasteiger partial charge in [0.2, 0.25) is 17.7 Å². The molecule has 8 heteroatoms. The number of benzene rings is 3. The quantitative estimate of drug-likeness (QED) is 0.132. The van der Waals surface area contributed by atoms with E-state index in [9.17, 15) is 14.4 Å². The fourth-order valence-electron chi connectivity index (χ4n) is 3.97. The van der Waals surface area contributed by atoms with Gasteiger partial charge in [-0.15, -0.1) is 0 Å². The highest BCUT2D eigenvalue weighted by atomic mass is 16.5. The normalized spacial score (nSPS) is 11.4. The Kier molecular flexibility index (Phi) is 10.8. The number of nitrogens with two attached hydrogens (primary N) is 1. The average Bonchev–Trinajstić information content (AvgIpc) is 2.91. The van der Waals surface area contributed by atoms with Crippen LogP contribution < -0.4 is 21.8 Å². The van der Waals surface area contributed by atoms with Crippen LogP contribution in [0.15, 0.2) is 78.9 Å². The summed E-state index contributed by atoms with van der Waals surface area (Å²) in [7, 11) is 0. The third-order valence-corrected chi connectivity index (χ3v) is 5.98. The van der Waals surface area contributed by atoms with Gasteiger partial charge in [-0.1, -0.05) is 73.5 Å². The first-order chi connectivity index (χ1) is 18.0. The van der Waals surface area contributed by atoms with Crippen LogP contribution >= 0.6 is 0 Å². The second-order valence-corrected chi connectivity index (χ2v) is 8.91. The van der Waals surface area contributed by atoms with Crippen LogP contribution in [0.5, 0.6) is 0 Å². The highest BCUT2D eigenvalue weighted by molar-refractivity contribution is 5.98. The number of hydrogen-bond donors (Lipinski definition) is 5. The van der Waals surface area contributed by atoms with E-state index in [4.69, 9.17) is 10.9 Å². The molecule has 0 saturated carbocycles. The SMILES string of the molecule is N[C@H](Cc1ccccc1)C(=O)Nc1ccccc1-c1ccc(NC(=O)CCCCCCC(=O)NO)cc1. The number of carbonyl (C=O) groups is 3. The monoisotopic (exact) mass is 502 g/mol. The van der Waals surface area contributed by atoms with E-state index in [1.165, 1.54) is 0 Å². The van der Waals surface area contributed by atoms with Gasteiger partial charge < -0.3 is 16.4 Å². The summed E-state index contributed by atoms with van der Waals surface area (Å²) in [5, 5.41) is 14.3. The highest BCUT2D eigenvalue weighted by Gasteiger charge is 2.16. The van der Waals surface area contributed by atoms with Gasteiger partial charge >= 0.3 is 0 Å². The predicted octanol–water partition coefficient (Wildman–Crippen LogP) is 4.65. The third kappa shape index (κ3) is 9.18. The highest BCUT2D eigenvalue weighted by Crippen LogP contribution is 2.29. The summed E-state index contributed by atoms with van der Waals surface area (Å²) in [4.78, 5) is 36.0. The van der Waals surface area contributed by atoms with E-state index in [1.54, 1.807) is 5.48 Å². The van der Waals surface area contributed by atoms with Crippen molar-refractivity contribution in [2.24, 2.45) is 5.73 Å². The summed E-state index contributed by atoms with van der Waals surface area (Å²) in [6.07, 6.45) is 4.18. The Bertz CT molecular complexity index is 1170. The maximum atomic E-state index is 12.8. The molecule has 0 aliphatic rings. The zero-order valence-electron chi connectivity index (χ0n) is 20.8. The molecule has 0 aliphatic carbocycles. The van der Waals surface area contributed by atoms with Gasteiger partial charge in [-0.2, -0.15) is 0 Å². The molecule has 0 bridgehead atoms. The molecule has 0 unspecified atom stereocenters. The van der Waals surface area contributed by atoms with Crippen LogP contribution in [0.4, 0.5) is 11.4 Å². The van der Waals surface area contributed by atoms with Crippen molar-refractivity contribution in [3.63, 3.8) is 0 Å². The van der Waals surface area contributed by atoms with Crippen LogP contribution in [-0.2, 0) is 20.8 Å². The van der Waals surface area contributed by atoms with Crippen molar-refractivity contribution in [3.8, 4) is 11.1 Å². The van der Waals surface area contributed by atoms with Crippen molar-refractivity contribution in [1.29, 1.82) is 0 Å². The lowest BCUT2D eigenvalue weighted by molar-refractivity contribution is -0.129. The van der Waals surface area contributed by atoms with Crippen LogP contribution in [0, 0.1) is 0 Å². The first-order valence-corrected chi connectivity index (χ1v) is 12.5. The molecule has 3 aromatic rings. The maximum Gasteiger partial charge on any atom is 0.243 e. The van der Waals surface area contributed by atoms with Crippen LogP contribution in [-0.4, -0.2) is 29.0 Å². The fourth-order valence-corrected chi connectivity index (χ4v) is 3.97. The number of hydrogen-bond acceptors (Lipinski definition) is 5. The Balaban J connectivity index is 1.51. The van der Waals surface area contributed by atoms with E-state index < -0.39 is 11.9 Å². The molecule has 3 aromatic carbocycles. The molecular weight excluding hydrogens is 468 g/mol. The number of anilines is 2. The van der Waals surface area contributed by atoms with Gasteiger partial charge in [-0.3, -0.25) is 19.6 Å². The molecule has 0 radical (unpaired) electrons. The molecule has 0 heterocycles. The molecule has 37 heavy (non-hydrogen) atoms. The first-order valence-electron chi connectivity index (χ1n) is 12.5. The summed E-state index contributed by atoms with van der Waals surface area (Å²) in [6.45, 7) is 0. The molecule has 0 saturated heterocycles. The lowest BCUT2D eigenvalue weighted by atomic mass is 10.0. The lowest BCUT2D eigenvalue weighted by Crippen LogP contribution is -2.37. The zero-order valence-corrected chi connectivity index (χ0v) is 20.8. The van der Waals surface area contributed by atoms with Crippen molar-refractivity contribution in [1.82, 2.24) is 5.48 Å². The largest absolute Gasteiger partial charge is 0.326 e. The topological polar surface area (TPSA) is 134 Å². The molecule has 3 rings (SSSR count). The van der Waals surface area contributed by atoms with Gasteiger partial charge in [0, 0.05) is 29.8 Å². The summed E-state index contributed by atoms with van der Waals surface area (Å²) >= 11 is 0. The number of rotatable bonds is 13. The van der Waals surface area contributed by atoms with Crippen molar-refractivity contribution < 1.29 is 19.6 Å². The second kappa shape index (κ2) is 14.5. The molecule has 0 aromatic heterocycles. The number of amides is 3. The van der Waals surface area contributed by atoms with Gasteiger partial charge in [0.25, 0.3) is 0 Å². The molecule has 0 spiro atoms. The molecule has 0 aliphatic heterocycles. The van der Waals surface area contributed by atoms with Crippen LogP contribution in [0.3, 0.4) is 0 Å². The number of nitrogens with one attached hydrogen (secondary N) is 3. The molecule has 0 fully saturated rings.